The molecule has 0 radical (unpaired) electrons. The van der Waals surface area contributed by atoms with Crippen LogP contribution in [0, 0.1) is 5.82 Å². The second-order valence-corrected chi connectivity index (χ2v) is 4.57. The molecule has 6 heteroatoms. The minimum absolute atomic E-state index is 0.272. The normalized spacial score (nSPS) is 10.9. The van der Waals surface area contributed by atoms with Gasteiger partial charge in [-0.3, -0.25) is 0 Å². The fraction of sp³-hybridized carbons (Fsp3) is 0.333. The maximum absolute atomic E-state index is 13.6. The van der Waals surface area contributed by atoms with Gasteiger partial charge in [-0.25, -0.2) is 14.0 Å². The molecule has 0 heterocycles. The molecule has 98 valence electrons. The highest BCUT2D eigenvalue weighted by atomic mass is 19.1. The van der Waals surface area contributed by atoms with Crippen LogP contribution in [0.2, 0.25) is 0 Å². The summed E-state index contributed by atoms with van der Waals surface area (Å²) in [7, 11) is 0. The molecule has 0 bridgehead atoms. The zero-order valence-electron chi connectivity index (χ0n) is 10.3. The van der Waals surface area contributed by atoms with E-state index in [2.05, 4.69) is 4.84 Å². The van der Waals surface area contributed by atoms with Crippen LogP contribution in [0.5, 0.6) is 0 Å². The van der Waals surface area contributed by atoms with Crippen LogP contribution in [0.15, 0.2) is 18.2 Å². The summed E-state index contributed by atoms with van der Waals surface area (Å²) in [6.45, 7) is 4.89. The van der Waals surface area contributed by atoms with E-state index in [0.717, 1.165) is 6.07 Å². The Balaban J connectivity index is 3.22. The first-order valence-electron chi connectivity index (χ1n) is 5.19. The fourth-order valence-corrected chi connectivity index (χ4v) is 1.29. The molecular formula is C12H14FNO4. The van der Waals surface area contributed by atoms with Crippen LogP contribution < -0.4 is 5.90 Å². The third kappa shape index (κ3) is 3.27. The molecule has 5 nitrogen and oxygen atoms in total. The van der Waals surface area contributed by atoms with Crippen LogP contribution in [0.3, 0.4) is 0 Å². The summed E-state index contributed by atoms with van der Waals surface area (Å²) >= 11 is 0. The Labute approximate surface area is 104 Å². The molecule has 1 aromatic carbocycles. The van der Waals surface area contributed by atoms with E-state index >= 15 is 0 Å². The number of rotatable bonds is 2. The predicted molar refractivity (Wildman–Crippen MR) is 61.2 cm³/mol. The zero-order valence-corrected chi connectivity index (χ0v) is 10.3. The molecule has 0 fully saturated rings. The standard InChI is InChI=1S/C12H14FNO4/c1-12(2,3)17-11(16)9-7(10(15)18-14)5-4-6-8(9)13/h4-6H,14H2,1-3H3. The van der Waals surface area contributed by atoms with Gasteiger partial charge < -0.3 is 9.57 Å². The average molecular weight is 255 g/mol. The van der Waals surface area contributed by atoms with Gasteiger partial charge in [0.25, 0.3) is 0 Å². The van der Waals surface area contributed by atoms with Gasteiger partial charge in [0.05, 0.1) is 5.56 Å². The third-order valence-electron chi connectivity index (χ3n) is 1.94. The number of hydrogen-bond acceptors (Lipinski definition) is 5. The SMILES string of the molecule is CC(C)(C)OC(=O)c1c(F)cccc1C(=O)ON. The summed E-state index contributed by atoms with van der Waals surface area (Å²) < 4.78 is 18.6. The molecule has 0 aliphatic carbocycles. The number of nitrogens with two attached hydrogens (primary N) is 1. The summed E-state index contributed by atoms with van der Waals surface area (Å²) in [5.41, 5.74) is -1.56. The van der Waals surface area contributed by atoms with Gasteiger partial charge >= 0.3 is 11.9 Å². The first-order chi connectivity index (χ1) is 8.26. The van der Waals surface area contributed by atoms with Crippen molar-refractivity contribution < 1.29 is 23.6 Å². The van der Waals surface area contributed by atoms with Crippen molar-refractivity contribution in [3.05, 3.63) is 35.1 Å². The number of benzene rings is 1. The highest BCUT2D eigenvalue weighted by Gasteiger charge is 2.26. The summed E-state index contributed by atoms with van der Waals surface area (Å²) in [5.74, 6) is 1.91. The first-order valence-corrected chi connectivity index (χ1v) is 5.19. The lowest BCUT2D eigenvalue weighted by Crippen LogP contribution is -2.26. The molecule has 0 spiro atoms. The van der Waals surface area contributed by atoms with Gasteiger partial charge in [0.2, 0.25) is 0 Å². The van der Waals surface area contributed by atoms with E-state index in [1.54, 1.807) is 20.8 Å². The first kappa shape index (κ1) is 14.1. The van der Waals surface area contributed by atoms with Crippen LogP contribution in [0.4, 0.5) is 4.39 Å². The average Bonchev–Trinajstić information content (AvgIpc) is 2.25. The fourth-order valence-electron chi connectivity index (χ4n) is 1.29. The van der Waals surface area contributed by atoms with Crippen molar-refractivity contribution in [3.63, 3.8) is 0 Å². The number of carbonyl (C=O) groups excluding carboxylic acids is 2. The molecule has 2 N–H and O–H groups in total. The van der Waals surface area contributed by atoms with E-state index in [9.17, 15) is 14.0 Å². The van der Waals surface area contributed by atoms with E-state index in [1.807, 2.05) is 0 Å². The topological polar surface area (TPSA) is 78.6 Å². The maximum atomic E-state index is 13.6. The van der Waals surface area contributed by atoms with Crippen molar-refractivity contribution in [2.24, 2.45) is 5.90 Å². The third-order valence-corrected chi connectivity index (χ3v) is 1.94. The molecule has 18 heavy (non-hydrogen) atoms. The lowest BCUT2D eigenvalue weighted by molar-refractivity contribution is 0.00591. The number of hydrogen-bond donors (Lipinski definition) is 1. The summed E-state index contributed by atoms with van der Waals surface area (Å²) in [4.78, 5) is 27.1. The Morgan fingerprint density at radius 3 is 2.33 bits per heavy atom. The van der Waals surface area contributed by atoms with Gasteiger partial charge in [-0.2, -0.15) is 5.90 Å². The molecule has 0 aliphatic rings. The molecule has 0 amide bonds. The number of ether oxygens (including phenoxy) is 1. The van der Waals surface area contributed by atoms with Gasteiger partial charge in [-0.1, -0.05) is 6.07 Å². The Kier molecular flexibility index (Phi) is 4.03. The van der Waals surface area contributed by atoms with E-state index in [1.165, 1.54) is 12.1 Å². The molecule has 0 aliphatic heterocycles. The van der Waals surface area contributed by atoms with Gasteiger partial charge in [0.1, 0.15) is 17.0 Å². The van der Waals surface area contributed by atoms with Crippen molar-refractivity contribution in [1.29, 1.82) is 0 Å². The minimum Gasteiger partial charge on any atom is -0.456 e. The molecular weight excluding hydrogens is 241 g/mol. The van der Waals surface area contributed by atoms with Gasteiger partial charge in [0, 0.05) is 0 Å². The monoisotopic (exact) mass is 255 g/mol. The van der Waals surface area contributed by atoms with Crippen LogP contribution in [-0.4, -0.2) is 17.5 Å². The Bertz CT molecular complexity index is 479. The summed E-state index contributed by atoms with van der Waals surface area (Å²) in [5, 5.41) is 0. The van der Waals surface area contributed by atoms with Crippen LogP contribution >= 0.6 is 0 Å². The van der Waals surface area contributed by atoms with Crippen LogP contribution in [0.25, 0.3) is 0 Å². The van der Waals surface area contributed by atoms with Gasteiger partial charge in [-0.15, -0.1) is 0 Å². The highest BCUT2D eigenvalue weighted by molar-refractivity contribution is 6.03. The quantitative estimate of drug-likeness (QED) is 0.644. The molecule has 0 saturated carbocycles. The second kappa shape index (κ2) is 5.14. The van der Waals surface area contributed by atoms with Gasteiger partial charge in [0.15, 0.2) is 0 Å². The smallest absolute Gasteiger partial charge is 0.357 e. The Morgan fingerprint density at radius 1 is 1.22 bits per heavy atom. The minimum atomic E-state index is -1.00. The van der Waals surface area contributed by atoms with Crippen LogP contribution in [-0.2, 0) is 9.57 Å². The van der Waals surface area contributed by atoms with E-state index in [-0.39, 0.29) is 5.56 Å². The summed E-state index contributed by atoms with van der Waals surface area (Å²) in [6, 6.07) is 3.56. The van der Waals surface area contributed by atoms with Crippen LogP contribution in [0.1, 0.15) is 41.5 Å². The van der Waals surface area contributed by atoms with E-state index in [4.69, 9.17) is 10.6 Å². The molecule has 0 aromatic heterocycles. The van der Waals surface area contributed by atoms with Crippen molar-refractivity contribution in [1.82, 2.24) is 0 Å². The zero-order chi connectivity index (χ0) is 13.9. The van der Waals surface area contributed by atoms with E-state index in [0.29, 0.717) is 0 Å². The summed E-state index contributed by atoms with van der Waals surface area (Å²) in [6.07, 6.45) is 0. The van der Waals surface area contributed by atoms with Crippen molar-refractivity contribution >= 4 is 11.9 Å². The lowest BCUT2D eigenvalue weighted by atomic mass is 10.1. The number of halogens is 1. The van der Waals surface area contributed by atoms with E-state index < -0.39 is 28.9 Å². The predicted octanol–water partition coefficient (Wildman–Crippen LogP) is 1.81. The largest absolute Gasteiger partial charge is 0.456 e. The molecule has 0 saturated heterocycles. The number of carbonyl (C=O) groups is 2. The lowest BCUT2D eigenvalue weighted by Gasteiger charge is -2.20. The molecule has 0 atom stereocenters. The number of esters is 1. The van der Waals surface area contributed by atoms with Gasteiger partial charge in [-0.05, 0) is 32.9 Å². The molecule has 1 rings (SSSR count). The second-order valence-electron chi connectivity index (χ2n) is 4.57. The highest BCUT2D eigenvalue weighted by Crippen LogP contribution is 2.19. The molecule has 1 aromatic rings. The van der Waals surface area contributed by atoms with Crippen molar-refractivity contribution in [2.75, 3.05) is 0 Å². The van der Waals surface area contributed by atoms with Crippen molar-refractivity contribution in [2.45, 2.75) is 26.4 Å². The maximum Gasteiger partial charge on any atom is 0.357 e. The molecule has 0 unspecified atom stereocenters. The van der Waals surface area contributed by atoms with Crippen molar-refractivity contribution in [3.8, 4) is 0 Å². The Hall–Kier alpha value is -1.95. The Morgan fingerprint density at radius 2 is 1.83 bits per heavy atom.